The molecule has 5 heteroatoms. The van der Waals surface area contributed by atoms with Crippen LogP contribution in [0.4, 0.5) is 13.2 Å². The first kappa shape index (κ1) is 17.9. The van der Waals surface area contributed by atoms with Gasteiger partial charge in [0.25, 0.3) is 0 Å². The standard InChI is InChI=1S/C21H17F3O2/c1-2-3-12-25-17-8-4-14(5-9-17)15-6-10-18-16(13-15)7-11-19(20(18)22)26-21(23)24/h2-11,13,21H,12H2,1H3. The van der Waals surface area contributed by atoms with Crippen LogP contribution in [0.5, 0.6) is 11.5 Å². The number of benzene rings is 3. The summed E-state index contributed by atoms with van der Waals surface area (Å²) in [6, 6.07) is 15.4. The van der Waals surface area contributed by atoms with Gasteiger partial charge in [0.2, 0.25) is 0 Å². The Hall–Kier alpha value is -2.95. The first-order chi connectivity index (χ1) is 12.6. The Morgan fingerprint density at radius 3 is 2.38 bits per heavy atom. The third kappa shape index (κ3) is 3.99. The summed E-state index contributed by atoms with van der Waals surface area (Å²) in [6.45, 7) is -0.624. The summed E-state index contributed by atoms with van der Waals surface area (Å²) in [5.74, 6) is -0.488. The van der Waals surface area contributed by atoms with E-state index in [9.17, 15) is 13.2 Å². The van der Waals surface area contributed by atoms with Gasteiger partial charge in [-0.1, -0.05) is 42.5 Å². The molecule has 3 rings (SSSR count). The molecule has 0 aromatic heterocycles. The van der Waals surface area contributed by atoms with Crippen molar-refractivity contribution in [2.45, 2.75) is 13.5 Å². The van der Waals surface area contributed by atoms with E-state index in [1.807, 2.05) is 43.3 Å². The first-order valence-electron chi connectivity index (χ1n) is 8.10. The molecule has 26 heavy (non-hydrogen) atoms. The molecule has 3 aromatic rings. The van der Waals surface area contributed by atoms with Gasteiger partial charge in [-0.05, 0) is 47.7 Å². The van der Waals surface area contributed by atoms with Gasteiger partial charge >= 0.3 is 6.61 Å². The van der Waals surface area contributed by atoms with Crippen LogP contribution in [0.3, 0.4) is 0 Å². The number of allylic oxidation sites excluding steroid dienone is 1. The van der Waals surface area contributed by atoms with E-state index in [-0.39, 0.29) is 5.39 Å². The zero-order valence-electron chi connectivity index (χ0n) is 14.1. The van der Waals surface area contributed by atoms with Crippen molar-refractivity contribution in [3.05, 3.63) is 72.6 Å². The molecule has 0 atom stereocenters. The van der Waals surface area contributed by atoms with E-state index in [1.54, 1.807) is 24.3 Å². The molecular formula is C21H17F3O2. The minimum absolute atomic E-state index is 0.234. The van der Waals surface area contributed by atoms with E-state index < -0.39 is 18.2 Å². The Balaban J connectivity index is 1.87. The minimum atomic E-state index is -3.06. The molecule has 0 fully saturated rings. The van der Waals surface area contributed by atoms with Crippen LogP contribution in [0.1, 0.15) is 6.92 Å². The molecule has 0 aliphatic rings. The topological polar surface area (TPSA) is 18.5 Å². The lowest BCUT2D eigenvalue weighted by molar-refractivity contribution is -0.0520. The highest BCUT2D eigenvalue weighted by atomic mass is 19.3. The van der Waals surface area contributed by atoms with E-state index in [1.165, 1.54) is 6.07 Å². The number of halogens is 3. The van der Waals surface area contributed by atoms with Gasteiger partial charge in [0.05, 0.1) is 0 Å². The van der Waals surface area contributed by atoms with E-state index in [4.69, 9.17) is 4.74 Å². The number of ether oxygens (including phenoxy) is 2. The quantitative estimate of drug-likeness (QED) is 0.488. The smallest absolute Gasteiger partial charge is 0.387 e. The fourth-order valence-corrected chi connectivity index (χ4v) is 2.62. The van der Waals surface area contributed by atoms with Crippen molar-refractivity contribution in [2.75, 3.05) is 6.61 Å². The van der Waals surface area contributed by atoms with Crippen LogP contribution in [0.15, 0.2) is 66.7 Å². The van der Waals surface area contributed by atoms with Crippen LogP contribution in [0.25, 0.3) is 21.9 Å². The molecule has 0 bridgehead atoms. The molecule has 0 saturated heterocycles. The monoisotopic (exact) mass is 358 g/mol. The molecule has 0 aliphatic heterocycles. The molecular weight excluding hydrogens is 341 g/mol. The van der Waals surface area contributed by atoms with Crippen LogP contribution in [0.2, 0.25) is 0 Å². The lowest BCUT2D eigenvalue weighted by Gasteiger charge is -2.10. The van der Waals surface area contributed by atoms with Gasteiger partial charge in [0.1, 0.15) is 12.4 Å². The van der Waals surface area contributed by atoms with Gasteiger partial charge in [-0.3, -0.25) is 0 Å². The van der Waals surface area contributed by atoms with Gasteiger partial charge < -0.3 is 9.47 Å². The number of alkyl halides is 2. The SMILES string of the molecule is CC=CCOc1ccc(-c2ccc3c(F)c(OC(F)F)ccc3c2)cc1. The molecule has 0 radical (unpaired) electrons. The van der Waals surface area contributed by atoms with Crippen LogP contribution >= 0.6 is 0 Å². The third-order valence-corrected chi connectivity index (χ3v) is 3.90. The number of hydrogen-bond donors (Lipinski definition) is 0. The summed E-state index contributed by atoms with van der Waals surface area (Å²) in [6.07, 6.45) is 3.83. The van der Waals surface area contributed by atoms with Crippen molar-refractivity contribution in [3.63, 3.8) is 0 Å². The minimum Gasteiger partial charge on any atom is -0.490 e. The maximum Gasteiger partial charge on any atom is 0.387 e. The third-order valence-electron chi connectivity index (χ3n) is 3.90. The molecule has 0 unspecified atom stereocenters. The normalized spacial score (nSPS) is 11.4. The maximum atomic E-state index is 14.3. The van der Waals surface area contributed by atoms with Crippen molar-refractivity contribution in [1.29, 1.82) is 0 Å². The van der Waals surface area contributed by atoms with E-state index in [0.717, 1.165) is 16.9 Å². The molecule has 0 aliphatic carbocycles. The highest BCUT2D eigenvalue weighted by molar-refractivity contribution is 5.89. The molecule has 0 saturated carbocycles. The van der Waals surface area contributed by atoms with Crippen LogP contribution in [-0.2, 0) is 0 Å². The van der Waals surface area contributed by atoms with Crippen molar-refractivity contribution in [3.8, 4) is 22.6 Å². The number of rotatable bonds is 6. The largest absolute Gasteiger partial charge is 0.490 e. The zero-order chi connectivity index (χ0) is 18.5. The summed E-state index contributed by atoms with van der Waals surface area (Å²) in [5.41, 5.74) is 1.83. The summed E-state index contributed by atoms with van der Waals surface area (Å²) >= 11 is 0. The molecule has 3 aromatic carbocycles. The van der Waals surface area contributed by atoms with Crippen molar-refractivity contribution < 1.29 is 22.6 Å². The van der Waals surface area contributed by atoms with Crippen LogP contribution in [-0.4, -0.2) is 13.2 Å². The van der Waals surface area contributed by atoms with Crippen molar-refractivity contribution in [1.82, 2.24) is 0 Å². The first-order valence-corrected chi connectivity index (χ1v) is 8.10. The molecule has 134 valence electrons. The summed E-state index contributed by atoms with van der Waals surface area (Å²) in [7, 11) is 0. The van der Waals surface area contributed by atoms with Gasteiger partial charge in [-0.25, -0.2) is 4.39 Å². The number of hydrogen-bond acceptors (Lipinski definition) is 2. The summed E-state index contributed by atoms with van der Waals surface area (Å²) in [5, 5.41) is 0.841. The highest BCUT2D eigenvalue weighted by Gasteiger charge is 2.13. The Morgan fingerprint density at radius 1 is 0.962 bits per heavy atom. The average molecular weight is 358 g/mol. The van der Waals surface area contributed by atoms with Gasteiger partial charge in [0, 0.05) is 5.39 Å². The second-order valence-electron chi connectivity index (χ2n) is 5.60. The lowest BCUT2D eigenvalue weighted by Crippen LogP contribution is -2.03. The fraction of sp³-hybridized carbons (Fsp3) is 0.143. The van der Waals surface area contributed by atoms with E-state index in [0.29, 0.717) is 12.0 Å². The predicted molar refractivity (Wildman–Crippen MR) is 96.3 cm³/mol. The average Bonchev–Trinajstić information content (AvgIpc) is 2.64. The van der Waals surface area contributed by atoms with Gasteiger partial charge in [-0.2, -0.15) is 8.78 Å². The number of fused-ring (bicyclic) bond motifs is 1. The Kier molecular flexibility index (Phi) is 5.46. The second-order valence-corrected chi connectivity index (χ2v) is 5.60. The van der Waals surface area contributed by atoms with E-state index >= 15 is 0 Å². The van der Waals surface area contributed by atoms with Crippen LogP contribution in [0, 0.1) is 5.82 Å². The van der Waals surface area contributed by atoms with Gasteiger partial charge in [0.15, 0.2) is 11.6 Å². The molecule has 2 nitrogen and oxygen atoms in total. The Bertz CT molecular complexity index is 918. The summed E-state index contributed by atoms with van der Waals surface area (Å²) < 4.78 is 48.7. The second kappa shape index (κ2) is 7.95. The van der Waals surface area contributed by atoms with E-state index in [2.05, 4.69) is 4.74 Å². The molecule has 0 N–H and O–H groups in total. The molecule has 0 heterocycles. The fourth-order valence-electron chi connectivity index (χ4n) is 2.62. The van der Waals surface area contributed by atoms with Crippen molar-refractivity contribution >= 4 is 10.8 Å². The van der Waals surface area contributed by atoms with Crippen LogP contribution < -0.4 is 9.47 Å². The maximum absolute atomic E-state index is 14.3. The highest BCUT2D eigenvalue weighted by Crippen LogP contribution is 2.31. The van der Waals surface area contributed by atoms with Gasteiger partial charge in [-0.15, -0.1) is 0 Å². The Morgan fingerprint density at radius 2 is 1.69 bits per heavy atom. The zero-order valence-corrected chi connectivity index (χ0v) is 14.1. The Labute approximate surface area is 149 Å². The predicted octanol–water partition coefficient (Wildman–Crippen LogP) is 6.20. The lowest BCUT2D eigenvalue weighted by atomic mass is 10.0. The molecule has 0 spiro atoms. The molecule has 0 amide bonds. The summed E-state index contributed by atoms with van der Waals surface area (Å²) in [4.78, 5) is 0. The van der Waals surface area contributed by atoms with Crippen molar-refractivity contribution in [2.24, 2.45) is 0 Å².